The Hall–Kier alpha value is -6.31. The van der Waals surface area contributed by atoms with Gasteiger partial charge in [-0.15, -0.1) is 0 Å². The van der Waals surface area contributed by atoms with E-state index in [1.807, 2.05) is 12.3 Å². The molecule has 1 aromatic heterocycles. The van der Waals surface area contributed by atoms with E-state index >= 15 is 0 Å². The first kappa shape index (κ1) is 30.5. The Morgan fingerprint density at radius 1 is 0.365 bits per heavy atom. The fourth-order valence-electron chi connectivity index (χ4n) is 8.34. The van der Waals surface area contributed by atoms with Gasteiger partial charge in [0.15, 0.2) is 0 Å². The number of pyridine rings is 1. The van der Waals surface area contributed by atoms with Crippen LogP contribution in [0.3, 0.4) is 0 Å². The van der Waals surface area contributed by atoms with Crippen LogP contribution in [0.1, 0.15) is 26.3 Å². The second kappa shape index (κ2) is 11.6. The summed E-state index contributed by atoms with van der Waals surface area (Å²) in [6.07, 6.45) is 1.90. The molecule has 0 aliphatic heterocycles. The zero-order valence-electron chi connectivity index (χ0n) is 29.6. The van der Waals surface area contributed by atoms with Gasteiger partial charge in [-0.3, -0.25) is 4.98 Å². The quantitative estimate of drug-likeness (QED) is 0.135. The normalized spacial score (nSPS) is 12.1. The van der Waals surface area contributed by atoms with Gasteiger partial charge >= 0.3 is 0 Å². The molecule has 1 heteroatoms. The first-order valence-electron chi connectivity index (χ1n) is 18.2. The third kappa shape index (κ3) is 4.88. The van der Waals surface area contributed by atoms with Crippen LogP contribution in [0.2, 0.25) is 0 Å². The average Bonchev–Trinajstić information content (AvgIpc) is 3.18. The van der Waals surface area contributed by atoms with Crippen LogP contribution < -0.4 is 0 Å². The molecule has 0 aliphatic rings. The number of hydrogen-bond donors (Lipinski definition) is 0. The van der Waals surface area contributed by atoms with Crippen molar-refractivity contribution in [3.05, 3.63) is 176 Å². The largest absolute Gasteiger partial charge is 0.256 e. The molecule has 0 bridgehead atoms. The van der Waals surface area contributed by atoms with Crippen molar-refractivity contribution in [3.8, 4) is 33.4 Å². The highest BCUT2D eigenvalue weighted by Crippen LogP contribution is 2.47. The van der Waals surface area contributed by atoms with Gasteiger partial charge in [-0.05, 0) is 135 Å². The van der Waals surface area contributed by atoms with E-state index in [4.69, 9.17) is 4.98 Å². The maximum atomic E-state index is 4.82. The van der Waals surface area contributed by atoms with Crippen molar-refractivity contribution in [2.24, 2.45) is 0 Å². The van der Waals surface area contributed by atoms with Gasteiger partial charge in [-0.25, -0.2) is 0 Å². The second-order valence-corrected chi connectivity index (χ2v) is 15.2. The molecular formula is C51H37N. The molecule has 10 aromatic rings. The van der Waals surface area contributed by atoms with E-state index in [9.17, 15) is 0 Å². The lowest BCUT2D eigenvalue weighted by Crippen LogP contribution is -2.10. The molecule has 0 saturated heterocycles. The summed E-state index contributed by atoms with van der Waals surface area (Å²) in [6, 6.07) is 60.8. The number of aromatic nitrogens is 1. The van der Waals surface area contributed by atoms with Crippen LogP contribution >= 0.6 is 0 Å². The van der Waals surface area contributed by atoms with Crippen molar-refractivity contribution in [1.82, 2.24) is 4.98 Å². The first-order valence-corrected chi connectivity index (χ1v) is 18.2. The number of hydrogen-bond acceptors (Lipinski definition) is 1. The highest BCUT2D eigenvalue weighted by Gasteiger charge is 2.22. The van der Waals surface area contributed by atoms with Crippen LogP contribution in [0.5, 0.6) is 0 Å². The zero-order chi connectivity index (χ0) is 35.0. The Bertz CT molecular complexity index is 3050. The molecule has 0 radical (unpaired) electrons. The van der Waals surface area contributed by atoms with E-state index < -0.39 is 0 Å². The fourth-order valence-corrected chi connectivity index (χ4v) is 8.34. The van der Waals surface area contributed by atoms with E-state index in [1.165, 1.54) is 98.2 Å². The van der Waals surface area contributed by atoms with E-state index in [0.717, 1.165) is 5.52 Å². The lowest BCUT2D eigenvalue weighted by Gasteiger charge is -2.23. The smallest absolute Gasteiger partial charge is 0.0714 e. The lowest BCUT2D eigenvalue weighted by atomic mass is 9.80. The third-order valence-corrected chi connectivity index (χ3v) is 11.0. The average molecular weight is 664 g/mol. The van der Waals surface area contributed by atoms with Crippen LogP contribution in [0.25, 0.3) is 98.1 Å². The molecule has 0 unspecified atom stereocenters. The highest BCUT2D eigenvalue weighted by atomic mass is 14.6. The maximum Gasteiger partial charge on any atom is 0.0714 e. The lowest BCUT2D eigenvalue weighted by molar-refractivity contribution is 0.591. The van der Waals surface area contributed by atoms with Gasteiger partial charge in [0.25, 0.3) is 0 Å². The minimum Gasteiger partial charge on any atom is -0.256 e. The molecule has 0 fully saturated rings. The van der Waals surface area contributed by atoms with Crippen LogP contribution in [-0.2, 0) is 5.41 Å². The van der Waals surface area contributed by atoms with Gasteiger partial charge in [0.2, 0.25) is 0 Å². The summed E-state index contributed by atoms with van der Waals surface area (Å²) >= 11 is 0. The summed E-state index contributed by atoms with van der Waals surface area (Å²) in [5, 5.41) is 13.7. The molecule has 1 nitrogen and oxygen atoms in total. The second-order valence-electron chi connectivity index (χ2n) is 15.2. The van der Waals surface area contributed by atoms with Gasteiger partial charge in [0.1, 0.15) is 0 Å². The third-order valence-electron chi connectivity index (χ3n) is 11.0. The molecule has 52 heavy (non-hydrogen) atoms. The van der Waals surface area contributed by atoms with Crippen molar-refractivity contribution < 1.29 is 0 Å². The molecule has 9 aromatic carbocycles. The van der Waals surface area contributed by atoms with E-state index in [0.29, 0.717) is 0 Å². The zero-order valence-corrected chi connectivity index (χ0v) is 29.6. The first-order chi connectivity index (χ1) is 25.4. The Kier molecular flexibility index (Phi) is 6.82. The summed E-state index contributed by atoms with van der Waals surface area (Å²) in [7, 11) is 0. The Morgan fingerprint density at radius 2 is 0.904 bits per heavy atom. The molecule has 0 atom stereocenters. The van der Waals surface area contributed by atoms with Gasteiger partial charge in [-0.1, -0.05) is 148 Å². The maximum absolute atomic E-state index is 4.82. The van der Waals surface area contributed by atoms with Gasteiger partial charge in [0.05, 0.1) is 5.52 Å². The Labute approximate surface area is 303 Å². The van der Waals surface area contributed by atoms with Crippen LogP contribution in [-0.4, -0.2) is 4.98 Å². The minimum atomic E-state index is 0.00193. The summed E-state index contributed by atoms with van der Waals surface area (Å²) in [5.74, 6) is 0. The number of fused-ring (bicyclic) bond motifs is 7. The Balaban J connectivity index is 1.37. The minimum absolute atomic E-state index is 0.00193. The standard InChI is InChI=1S/C51H37N/c1-51(2,3)39-23-25-44-47(30-39)50(38-21-19-33-12-5-7-14-35(33)28-38)43-24-22-36(29-46(43)49(44)37-20-18-32-11-4-6-13-34(32)27-37)45-31-48-42(17-10-26-52-48)40-15-8-9-16-41(40)45/h4-31H,1-3H3. The summed E-state index contributed by atoms with van der Waals surface area (Å²) in [5.41, 5.74) is 9.74. The van der Waals surface area contributed by atoms with Crippen LogP contribution in [0, 0.1) is 0 Å². The van der Waals surface area contributed by atoms with E-state index in [-0.39, 0.29) is 5.41 Å². The van der Waals surface area contributed by atoms with Crippen LogP contribution in [0.15, 0.2) is 170 Å². The number of nitrogens with zero attached hydrogens (tertiary/aromatic N) is 1. The summed E-state index contributed by atoms with van der Waals surface area (Å²) in [6.45, 7) is 6.93. The molecule has 0 spiro atoms. The molecule has 0 aliphatic carbocycles. The predicted molar refractivity (Wildman–Crippen MR) is 224 cm³/mol. The van der Waals surface area contributed by atoms with Crippen molar-refractivity contribution in [1.29, 1.82) is 0 Å². The van der Waals surface area contributed by atoms with Crippen LogP contribution in [0.4, 0.5) is 0 Å². The van der Waals surface area contributed by atoms with E-state index in [2.05, 4.69) is 178 Å². The SMILES string of the molecule is CC(C)(C)c1ccc2c(-c3ccc4ccccc4c3)c3cc(-c4cc5ncccc5c5ccccc45)ccc3c(-c3ccc4ccccc4c3)c2c1. The van der Waals surface area contributed by atoms with Gasteiger partial charge < -0.3 is 0 Å². The predicted octanol–water partition coefficient (Wildman–Crippen LogP) is 14.3. The van der Waals surface area contributed by atoms with Crippen molar-refractivity contribution in [2.45, 2.75) is 26.2 Å². The van der Waals surface area contributed by atoms with Crippen molar-refractivity contribution >= 4 is 64.8 Å². The number of rotatable bonds is 3. The Morgan fingerprint density at radius 3 is 1.56 bits per heavy atom. The molecule has 10 rings (SSSR count). The highest BCUT2D eigenvalue weighted by molar-refractivity contribution is 6.23. The number of benzene rings is 9. The van der Waals surface area contributed by atoms with Crippen molar-refractivity contribution in [3.63, 3.8) is 0 Å². The molecule has 1 heterocycles. The molecule has 0 N–H and O–H groups in total. The molecule has 0 saturated carbocycles. The monoisotopic (exact) mass is 663 g/mol. The van der Waals surface area contributed by atoms with Crippen molar-refractivity contribution in [2.75, 3.05) is 0 Å². The van der Waals surface area contributed by atoms with Gasteiger partial charge in [0, 0.05) is 11.6 Å². The fraction of sp³-hybridized carbons (Fsp3) is 0.0784. The summed E-state index contributed by atoms with van der Waals surface area (Å²) < 4.78 is 0. The summed E-state index contributed by atoms with van der Waals surface area (Å²) in [4.78, 5) is 4.82. The molecular weight excluding hydrogens is 627 g/mol. The topological polar surface area (TPSA) is 12.9 Å². The van der Waals surface area contributed by atoms with E-state index in [1.54, 1.807) is 0 Å². The van der Waals surface area contributed by atoms with Gasteiger partial charge in [-0.2, -0.15) is 0 Å². The molecule has 0 amide bonds. The molecule has 246 valence electrons.